The topological polar surface area (TPSA) is 94.4 Å². The van der Waals surface area contributed by atoms with Gasteiger partial charge in [0, 0.05) is 18.7 Å². The van der Waals surface area contributed by atoms with Crippen molar-refractivity contribution in [3.8, 4) is 11.4 Å². The lowest BCUT2D eigenvalue weighted by Crippen LogP contribution is -2.42. The Morgan fingerprint density at radius 2 is 2.13 bits per heavy atom. The summed E-state index contributed by atoms with van der Waals surface area (Å²) in [5.41, 5.74) is 2.12. The molecule has 8 nitrogen and oxygen atoms in total. The van der Waals surface area contributed by atoms with E-state index in [2.05, 4.69) is 55.8 Å². The lowest BCUT2D eigenvalue weighted by molar-refractivity contribution is 0.215. The number of aliphatic imine (C=N–C) groups is 1. The molecule has 0 radical (unpaired) electrons. The number of guanidine groups is 1. The zero-order chi connectivity index (χ0) is 20.6. The van der Waals surface area contributed by atoms with Crippen LogP contribution in [0.5, 0.6) is 0 Å². The van der Waals surface area contributed by atoms with E-state index in [1.54, 1.807) is 6.26 Å². The van der Waals surface area contributed by atoms with Crippen molar-refractivity contribution in [2.45, 2.75) is 32.4 Å². The molecular weight excluding hydrogens is 378 g/mol. The number of H-pyrrole nitrogens is 1. The monoisotopic (exact) mass is 407 g/mol. The van der Waals surface area contributed by atoms with Crippen molar-refractivity contribution in [3.63, 3.8) is 0 Å². The second-order valence-corrected chi connectivity index (χ2v) is 7.38. The molecule has 0 amide bonds. The van der Waals surface area contributed by atoms with Gasteiger partial charge in [-0.15, -0.1) is 0 Å². The summed E-state index contributed by atoms with van der Waals surface area (Å²) in [5.74, 6) is 2.57. The Balaban J connectivity index is 1.43. The van der Waals surface area contributed by atoms with Gasteiger partial charge in [0.05, 0.1) is 18.8 Å². The van der Waals surface area contributed by atoms with E-state index in [4.69, 9.17) is 9.41 Å². The summed E-state index contributed by atoms with van der Waals surface area (Å²) in [4.78, 5) is 11.5. The maximum atomic E-state index is 5.72. The average Bonchev–Trinajstić information content (AvgIpc) is 3.56. The van der Waals surface area contributed by atoms with Crippen molar-refractivity contribution in [3.05, 3.63) is 60.3 Å². The van der Waals surface area contributed by atoms with Crippen LogP contribution in [0.3, 0.4) is 0 Å². The lowest BCUT2D eigenvalue weighted by atomic mass is 10.1. The number of hydrogen-bond acceptors (Lipinski definition) is 5. The van der Waals surface area contributed by atoms with Gasteiger partial charge in [0.25, 0.3) is 0 Å². The van der Waals surface area contributed by atoms with Crippen LogP contribution in [0.1, 0.15) is 37.1 Å². The van der Waals surface area contributed by atoms with E-state index in [0.29, 0.717) is 6.54 Å². The fraction of sp³-hybridized carbons (Fsp3) is 0.409. The van der Waals surface area contributed by atoms with Crippen LogP contribution in [0.2, 0.25) is 0 Å². The van der Waals surface area contributed by atoms with Crippen molar-refractivity contribution < 1.29 is 4.42 Å². The first kappa shape index (κ1) is 20.2. The van der Waals surface area contributed by atoms with Crippen molar-refractivity contribution >= 4 is 5.96 Å². The summed E-state index contributed by atoms with van der Waals surface area (Å²) in [7, 11) is 0. The highest BCUT2D eigenvalue weighted by molar-refractivity contribution is 5.79. The summed E-state index contributed by atoms with van der Waals surface area (Å²) < 4.78 is 5.72. The van der Waals surface area contributed by atoms with Gasteiger partial charge >= 0.3 is 0 Å². The number of benzene rings is 1. The summed E-state index contributed by atoms with van der Waals surface area (Å²) in [6.07, 6.45) is 5.75. The van der Waals surface area contributed by atoms with Gasteiger partial charge in [-0.2, -0.15) is 5.10 Å². The first-order chi connectivity index (χ1) is 14.8. The molecule has 158 valence electrons. The van der Waals surface area contributed by atoms with Crippen molar-refractivity contribution in [1.82, 2.24) is 30.7 Å². The second-order valence-electron chi connectivity index (χ2n) is 7.38. The highest BCUT2D eigenvalue weighted by atomic mass is 16.3. The predicted octanol–water partition coefficient (Wildman–Crippen LogP) is 2.96. The summed E-state index contributed by atoms with van der Waals surface area (Å²) in [6.45, 7) is 6.42. The van der Waals surface area contributed by atoms with Gasteiger partial charge in [-0.05, 0) is 56.6 Å². The van der Waals surface area contributed by atoms with Crippen LogP contribution in [-0.4, -0.2) is 52.2 Å². The minimum absolute atomic E-state index is 0.209. The normalized spacial score (nSPS) is 16.0. The van der Waals surface area contributed by atoms with Crippen LogP contribution in [0, 0.1) is 0 Å². The third kappa shape index (κ3) is 5.07. The average molecular weight is 408 g/mol. The molecule has 0 aliphatic carbocycles. The number of hydrogen-bond donors (Lipinski definition) is 3. The molecule has 1 atom stereocenters. The number of aromatic amines is 1. The van der Waals surface area contributed by atoms with E-state index in [0.717, 1.165) is 54.9 Å². The molecule has 2 aromatic heterocycles. The molecule has 1 aliphatic rings. The molecule has 8 heteroatoms. The van der Waals surface area contributed by atoms with Crippen LogP contribution in [0.4, 0.5) is 0 Å². The van der Waals surface area contributed by atoms with Crippen LogP contribution in [0.25, 0.3) is 11.4 Å². The fourth-order valence-corrected chi connectivity index (χ4v) is 3.81. The number of likely N-dealkylation sites (tertiary alicyclic amines) is 1. The van der Waals surface area contributed by atoms with Crippen LogP contribution in [-0.2, 0) is 6.54 Å². The molecule has 3 aromatic rings. The van der Waals surface area contributed by atoms with Crippen molar-refractivity contribution in [1.29, 1.82) is 0 Å². The Kier molecular flexibility index (Phi) is 6.76. The number of nitrogens with one attached hydrogen (secondary N) is 3. The van der Waals surface area contributed by atoms with Crippen molar-refractivity contribution in [2.24, 2.45) is 4.99 Å². The molecule has 1 saturated heterocycles. The number of furan rings is 1. The smallest absolute Gasteiger partial charge is 0.191 e. The van der Waals surface area contributed by atoms with Gasteiger partial charge in [-0.25, -0.2) is 9.98 Å². The first-order valence-electron chi connectivity index (χ1n) is 10.6. The van der Waals surface area contributed by atoms with E-state index in [9.17, 15) is 0 Å². The molecule has 1 unspecified atom stereocenters. The third-order valence-corrected chi connectivity index (χ3v) is 5.30. The largest absolute Gasteiger partial charge is 0.468 e. The minimum atomic E-state index is 0.209. The Labute approximate surface area is 176 Å². The molecule has 4 rings (SSSR count). The number of aromatic nitrogens is 3. The van der Waals surface area contributed by atoms with E-state index in [1.165, 1.54) is 19.2 Å². The third-order valence-electron chi connectivity index (χ3n) is 5.30. The van der Waals surface area contributed by atoms with Gasteiger partial charge in [0.2, 0.25) is 0 Å². The highest BCUT2D eigenvalue weighted by Crippen LogP contribution is 2.24. The molecule has 0 saturated carbocycles. The molecule has 1 aliphatic heterocycles. The maximum Gasteiger partial charge on any atom is 0.191 e. The molecule has 0 bridgehead atoms. The van der Waals surface area contributed by atoms with Gasteiger partial charge in [-0.1, -0.05) is 18.2 Å². The van der Waals surface area contributed by atoms with Crippen LogP contribution in [0.15, 0.2) is 58.4 Å². The maximum absolute atomic E-state index is 5.72. The summed E-state index contributed by atoms with van der Waals surface area (Å²) in [5, 5.41) is 13.7. The second kappa shape index (κ2) is 10.1. The van der Waals surface area contributed by atoms with Crippen LogP contribution < -0.4 is 10.6 Å². The number of nitrogens with zero attached hydrogens (tertiary/aromatic N) is 4. The number of rotatable bonds is 8. The fourth-order valence-electron chi connectivity index (χ4n) is 3.81. The zero-order valence-electron chi connectivity index (χ0n) is 17.3. The molecule has 1 fully saturated rings. The Morgan fingerprint density at radius 1 is 1.23 bits per heavy atom. The Morgan fingerprint density at radius 3 is 2.87 bits per heavy atom. The van der Waals surface area contributed by atoms with Gasteiger partial charge in [0.1, 0.15) is 12.1 Å². The lowest BCUT2D eigenvalue weighted by Gasteiger charge is -2.26. The molecule has 30 heavy (non-hydrogen) atoms. The summed E-state index contributed by atoms with van der Waals surface area (Å²) >= 11 is 0. The Hall–Kier alpha value is -3.13. The highest BCUT2D eigenvalue weighted by Gasteiger charge is 2.25. The van der Waals surface area contributed by atoms with Gasteiger partial charge in [0.15, 0.2) is 11.8 Å². The van der Waals surface area contributed by atoms with Crippen LogP contribution >= 0.6 is 0 Å². The van der Waals surface area contributed by atoms with E-state index >= 15 is 0 Å². The molecular formula is C22H29N7O. The van der Waals surface area contributed by atoms with E-state index in [1.807, 2.05) is 18.2 Å². The van der Waals surface area contributed by atoms with E-state index < -0.39 is 0 Å². The first-order valence-corrected chi connectivity index (χ1v) is 10.6. The van der Waals surface area contributed by atoms with Gasteiger partial charge < -0.3 is 15.1 Å². The molecule has 3 N–H and O–H groups in total. The van der Waals surface area contributed by atoms with Crippen molar-refractivity contribution in [2.75, 3.05) is 26.2 Å². The van der Waals surface area contributed by atoms with Gasteiger partial charge in [-0.3, -0.25) is 10.00 Å². The minimum Gasteiger partial charge on any atom is -0.468 e. The molecule has 1 aromatic carbocycles. The van der Waals surface area contributed by atoms with E-state index in [-0.39, 0.29) is 6.04 Å². The SMILES string of the molecule is CCNC(=NCc1cccc(-c2ncn[nH]2)c1)NCC(c1ccco1)N1CCCC1. The Bertz CT molecular complexity index is 915. The standard InChI is InChI=1S/C22H29N7O/c1-2-23-22(24-14-17-7-5-8-18(13-17)21-26-16-27-28-21)25-15-19(20-9-6-12-30-20)29-10-3-4-11-29/h5-9,12-13,16,19H,2-4,10-11,14-15H2,1H3,(H2,23,24,25)(H,26,27,28). The quantitative estimate of drug-likeness (QED) is 0.393. The predicted molar refractivity (Wildman–Crippen MR) is 117 cm³/mol. The molecule has 3 heterocycles. The molecule has 0 spiro atoms. The zero-order valence-corrected chi connectivity index (χ0v) is 17.3. The summed E-state index contributed by atoms with van der Waals surface area (Å²) in [6, 6.07) is 12.4.